The van der Waals surface area contributed by atoms with Crippen LogP contribution in [-0.2, 0) is 40.1 Å². The Hall–Kier alpha value is -4.89. The van der Waals surface area contributed by atoms with Crippen molar-refractivity contribution >= 4 is 35.1 Å². The van der Waals surface area contributed by atoms with Crippen molar-refractivity contribution in [3.05, 3.63) is 146 Å². The summed E-state index contributed by atoms with van der Waals surface area (Å²) in [4.78, 5) is 34.3. The number of halogens is 2. The van der Waals surface area contributed by atoms with E-state index in [0.717, 1.165) is 76.4 Å². The van der Waals surface area contributed by atoms with Gasteiger partial charge in [-0.1, -0.05) is 85.1 Å². The van der Waals surface area contributed by atoms with Crippen LogP contribution in [0.2, 0.25) is 10.0 Å². The van der Waals surface area contributed by atoms with Gasteiger partial charge in [-0.3, -0.25) is 14.7 Å². The lowest BCUT2D eigenvalue weighted by Gasteiger charge is -2.40. The van der Waals surface area contributed by atoms with Crippen molar-refractivity contribution in [1.82, 2.24) is 15.2 Å². The third-order valence-electron chi connectivity index (χ3n) is 13.1. The molecule has 61 heavy (non-hydrogen) atoms. The molecule has 8 nitrogen and oxygen atoms in total. The Morgan fingerprint density at radius 1 is 0.902 bits per heavy atom. The molecule has 4 aromatic carbocycles. The Morgan fingerprint density at radius 2 is 1.69 bits per heavy atom. The van der Waals surface area contributed by atoms with Gasteiger partial charge in [-0.15, -0.1) is 0 Å². The summed E-state index contributed by atoms with van der Waals surface area (Å²) in [6, 6.07) is 27.6. The van der Waals surface area contributed by atoms with Crippen molar-refractivity contribution in [3.8, 4) is 22.6 Å². The van der Waals surface area contributed by atoms with Gasteiger partial charge in [0.15, 0.2) is 0 Å². The maximum absolute atomic E-state index is 14.4. The molecule has 8 rings (SSSR count). The number of ether oxygens (including phenoxy) is 3. The number of rotatable bonds is 13. The molecule has 1 N–H and O–H groups in total. The van der Waals surface area contributed by atoms with Crippen LogP contribution in [0.3, 0.4) is 0 Å². The summed E-state index contributed by atoms with van der Waals surface area (Å²) in [6.07, 6.45) is 8.69. The summed E-state index contributed by atoms with van der Waals surface area (Å²) in [6.45, 7) is 8.31. The number of aryl methyl sites for hydroxylation is 1. The number of carbonyl (C=O) groups excluding carboxylic acids is 2. The lowest BCUT2D eigenvalue weighted by Crippen LogP contribution is -2.55. The average Bonchev–Trinajstić information content (AvgIpc) is 3.46. The largest absolute Gasteiger partial charge is 0.493 e. The van der Waals surface area contributed by atoms with Crippen LogP contribution < -0.4 is 14.8 Å². The normalized spacial score (nSPS) is 18.7. The van der Waals surface area contributed by atoms with Crippen molar-refractivity contribution < 1.29 is 23.8 Å². The molecule has 3 aliphatic rings. The monoisotopic (exact) mass is 859 g/mol. The molecule has 10 heteroatoms. The second kappa shape index (κ2) is 19.0. The van der Waals surface area contributed by atoms with Gasteiger partial charge in [-0.25, -0.2) is 4.79 Å². The lowest BCUT2D eigenvalue weighted by molar-refractivity contribution is -0.146. The second-order valence-corrected chi connectivity index (χ2v) is 17.8. The number of nitrogens with zero attached hydrogens (tertiary/aromatic N) is 2. The molecule has 0 radical (unpaired) electrons. The Labute approximate surface area is 369 Å². The topological polar surface area (TPSA) is 90.0 Å². The number of nitrogens with one attached hydrogen (secondary N) is 1. The summed E-state index contributed by atoms with van der Waals surface area (Å²) in [7, 11) is 1.38. The van der Waals surface area contributed by atoms with E-state index in [-0.39, 0.29) is 17.9 Å². The molecule has 1 aromatic heterocycles. The Balaban J connectivity index is 0.965. The molecule has 1 saturated carbocycles. The number of pyridine rings is 1. The van der Waals surface area contributed by atoms with Crippen LogP contribution in [0.15, 0.2) is 91.1 Å². The van der Waals surface area contributed by atoms with E-state index in [1.807, 2.05) is 49.5 Å². The van der Waals surface area contributed by atoms with Gasteiger partial charge in [0.05, 0.1) is 29.8 Å². The molecule has 3 heterocycles. The average molecular weight is 861 g/mol. The number of esters is 1. The summed E-state index contributed by atoms with van der Waals surface area (Å²) >= 11 is 12.5. The van der Waals surface area contributed by atoms with Crippen LogP contribution in [0, 0.1) is 19.8 Å². The van der Waals surface area contributed by atoms with E-state index < -0.39 is 18.1 Å². The van der Waals surface area contributed by atoms with Gasteiger partial charge < -0.3 is 19.5 Å². The van der Waals surface area contributed by atoms with Crippen molar-refractivity contribution in [1.29, 1.82) is 0 Å². The SMILES string of the molecule is CC[C@@H](Oc1ccc([C@@H]2CCOc3cc4c(cc3C2)CN(CC2CCC2)[C@H](C(=O)N[C@@H](Cc2ccc(-c3ccnc(C)c3C)cc2)C(=O)OC)C4)cc1)c1ccc(Cl)c(Cl)c1. The van der Waals surface area contributed by atoms with Gasteiger partial charge in [0, 0.05) is 31.4 Å². The fourth-order valence-corrected chi connectivity index (χ4v) is 9.44. The highest BCUT2D eigenvalue weighted by Crippen LogP contribution is 2.39. The maximum atomic E-state index is 14.4. The van der Waals surface area contributed by atoms with Crippen LogP contribution in [0.25, 0.3) is 11.1 Å². The number of benzene rings is 4. The first-order chi connectivity index (χ1) is 29.6. The highest BCUT2D eigenvalue weighted by Gasteiger charge is 2.37. The lowest BCUT2D eigenvalue weighted by atomic mass is 9.83. The molecule has 318 valence electrons. The zero-order valence-electron chi connectivity index (χ0n) is 35.5. The Morgan fingerprint density at radius 3 is 2.39 bits per heavy atom. The molecule has 0 saturated heterocycles. The smallest absolute Gasteiger partial charge is 0.328 e. The Bertz CT molecular complexity index is 2360. The highest BCUT2D eigenvalue weighted by molar-refractivity contribution is 6.42. The van der Waals surface area contributed by atoms with Crippen molar-refractivity contribution in [2.24, 2.45) is 5.92 Å². The number of methoxy groups -OCH3 is 1. The number of aromatic nitrogens is 1. The molecular formula is C51H55Cl2N3O5. The number of hydrogen-bond acceptors (Lipinski definition) is 7. The molecule has 1 fully saturated rings. The van der Waals surface area contributed by atoms with Gasteiger partial charge in [0.2, 0.25) is 5.91 Å². The van der Waals surface area contributed by atoms with Crippen LogP contribution in [0.1, 0.15) is 95.7 Å². The Kier molecular flexibility index (Phi) is 13.3. The molecule has 0 spiro atoms. The second-order valence-electron chi connectivity index (χ2n) is 17.0. The number of fused-ring (bicyclic) bond motifs is 2. The third-order valence-corrected chi connectivity index (χ3v) is 13.8. The molecular weight excluding hydrogens is 805 g/mol. The van der Waals surface area contributed by atoms with E-state index >= 15 is 0 Å². The van der Waals surface area contributed by atoms with Crippen LogP contribution in [-0.4, -0.2) is 54.1 Å². The third kappa shape index (κ3) is 9.77. The molecule has 2 aliphatic heterocycles. The molecule has 1 aliphatic carbocycles. The zero-order valence-corrected chi connectivity index (χ0v) is 37.0. The maximum Gasteiger partial charge on any atom is 0.328 e. The molecule has 0 bridgehead atoms. The van der Waals surface area contributed by atoms with Gasteiger partial charge in [0.1, 0.15) is 23.6 Å². The number of carbonyl (C=O) groups is 2. The van der Waals surface area contributed by atoms with E-state index in [1.165, 1.54) is 43.1 Å². The van der Waals surface area contributed by atoms with E-state index in [9.17, 15) is 9.59 Å². The van der Waals surface area contributed by atoms with Crippen LogP contribution >= 0.6 is 23.2 Å². The summed E-state index contributed by atoms with van der Waals surface area (Å²) in [5, 5.41) is 4.19. The van der Waals surface area contributed by atoms with Gasteiger partial charge in [-0.2, -0.15) is 0 Å². The zero-order chi connectivity index (χ0) is 42.6. The number of amides is 1. The van der Waals surface area contributed by atoms with Gasteiger partial charge >= 0.3 is 5.97 Å². The summed E-state index contributed by atoms with van der Waals surface area (Å²) in [5.41, 5.74) is 11.1. The van der Waals surface area contributed by atoms with Crippen molar-refractivity contribution in [3.63, 3.8) is 0 Å². The number of hydrogen-bond donors (Lipinski definition) is 1. The minimum absolute atomic E-state index is 0.135. The van der Waals surface area contributed by atoms with Crippen LogP contribution in [0.4, 0.5) is 0 Å². The first-order valence-electron chi connectivity index (χ1n) is 21.7. The first kappa shape index (κ1) is 42.8. The molecule has 0 unspecified atom stereocenters. The fraction of sp³-hybridized carbons (Fsp3) is 0.392. The van der Waals surface area contributed by atoms with Crippen LogP contribution in [0.5, 0.6) is 11.5 Å². The van der Waals surface area contributed by atoms with Gasteiger partial charge in [-0.05, 0) is 151 Å². The molecule has 4 atom stereocenters. The van der Waals surface area contributed by atoms with E-state index in [1.54, 1.807) is 0 Å². The minimum atomic E-state index is -0.816. The van der Waals surface area contributed by atoms with E-state index in [2.05, 4.69) is 77.6 Å². The van der Waals surface area contributed by atoms with E-state index in [0.29, 0.717) is 42.0 Å². The molecule has 5 aromatic rings. The summed E-state index contributed by atoms with van der Waals surface area (Å²) < 4.78 is 18.1. The highest BCUT2D eigenvalue weighted by atomic mass is 35.5. The minimum Gasteiger partial charge on any atom is -0.493 e. The fourth-order valence-electron chi connectivity index (χ4n) is 9.13. The predicted molar refractivity (Wildman–Crippen MR) is 242 cm³/mol. The van der Waals surface area contributed by atoms with Gasteiger partial charge in [0.25, 0.3) is 0 Å². The summed E-state index contributed by atoms with van der Waals surface area (Å²) in [5.74, 6) is 1.96. The van der Waals surface area contributed by atoms with E-state index in [4.69, 9.17) is 37.4 Å². The predicted octanol–water partition coefficient (Wildman–Crippen LogP) is 10.7. The quantitative estimate of drug-likeness (QED) is 0.118. The standard InChI is InChI=1S/C51H55Cl2N3O5/c1-5-48(38-15-18-44(52)45(53)26-38)61-42-16-13-35(14-17-42)37-20-22-60-49-28-39-27-47(56(29-34-7-6-8-34)30-41(39)25-40(49)24-37)50(57)55-46(51(58)59-4)23-33-9-11-36(12-10-33)43-19-21-54-32(3)31(43)2/h9-19,21,25-26,28,34,37,46-48H,5-8,20,22-24,27,29-30H2,1-4H3,(H,55,57)/t37-,46+,47+,48-/m1/s1. The van der Waals surface area contributed by atoms with Crippen molar-refractivity contribution in [2.75, 3.05) is 20.3 Å². The van der Waals surface area contributed by atoms with Crippen molar-refractivity contribution in [2.45, 2.75) is 103 Å². The first-order valence-corrected chi connectivity index (χ1v) is 22.4. The molecule has 1 amide bonds.